The van der Waals surface area contributed by atoms with Crippen LogP contribution in [0.5, 0.6) is 0 Å². The summed E-state index contributed by atoms with van der Waals surface area (Å²) >= 11 is 0. The Bertz CT molecular complexity index is 638. The maximum absolute atomic E-state index is 12.7. The molecule has 0 spiro atoms. The first-order chi connectivity index (χ1) is 11.0. The third kappa shape index (κ3) is 4.32. The average molecular weight is 337 g/mol. The Balaban J connectivity index is 1.70. The second-order valence-electron chi connectivity index (χ2n) is 6.44. The SMILES string of the molecule is O=C(N[C@@H]1CCS(=O)(=O)C1)[C@@H](OC1CCCC1)c1ccccc1. The van der Waals surface area contributed by atoms with Crippen molar-refractivity contribution in [2.45, 2.75) is 50.4 Å². The van der Waals surface area contributed by atoms with Gasteiger partial charge < -0.3 is 10.1 Å². The summed E-state index contributed by atoms with van der Waals surface area (Å²) < 4.78 is 29.2. The van der Waals surface area contributed by atoms with Gasteiger partial charge in [-0.1, -0.05) is 43.2 Å². The Morgan fingerprint density at radius 3 is 2.43 bits per heavy atom. The van der Waals surface area contributed by atoms with Gasteiger partial charge in [0.05, 0.1) is 17.6 Å². The molecule has 1 heterocycles. The van der Waals surface area contributed by atoms with Gasteiger partial charge in [-0.05, 0) is 24.8 Å². The number of carbonyl (C=O) groups is 1. The fraction of sp³-hybridized carbons (Fsp3) is 0.588. The van der Waals surface area contributed by atoms with Crippen LogP contribution in [0.3, 0.4) is 0 Å². The van der Waals surface area contributed by atoms with Gasteiger partial charge in [0.25, 0.3) is 5.91 Å². The Hall–Kier alpha value is -1.40. The van der Waals surface area contributed by atoms with E-state index >= 15 is 0 Å². The predicted molar refractivity (Wildman–Crippen MR) is 87.7 cm³/mol. The van der Waals surface area contributed by atoms with Gasteiger partial charge in [0.15, 0.2) is 15.9 Å². The van der Waals surface area contributed by atoms with Gasteiger partial charge in [-0.2, -0.15) is 0 Å². The molecular formula is C17H23NO4S. The second kappa shape index (κ2) is 7.01. The molecule has 2 atom stereocenters. The summed E-state index contributed by atoms with van der Waals surface area (Å²) in [4.78, 5) is 12.7. The molecule has 2 aliphatic rings. The molecule has 0 unspecified atom stereocenters. The minimum Gasteiger partial charge on any atom is -0.360 e. The van der Waals surface area contributed by atoms with Gasteiger partial charge in [-0.25, -0.2) is 8.42 Å². The molecule has 1 N–H and O–H groups in total. The number of sulfone groups is 1. The number of ether oxygens (including phenoxy) is 1. The number of amides is 1. The zero-order chi connectivity index (χ0) is 16.3. The van der Waals surface area contributed by atoms with Crippen molar-refractivity contribution in [3.8, 4) is 0 Å². The lowest BCUT2D eigenvalue weighted by Crippen LogP contribution is -2.40. The standard InChI is InChI=1S/C17H23NO4S/c19-17(18-14-10-11-23(20,21)12-14)16(13-6-2-1-3-7-13)22-15-8-4-5-9-15/h1-3,6-7,14-16H,4-5,8-12H2,(H,18,19)/t14-,16+/m1/s1. The van der Waals surface area contributed by atoms with Crippen LogP contribution in [0.4, 0.5) is 0 Å². The summed E-state index contributed by atoms with van der Waals surface area (Å²) in [5.74, 6) is -0.0496. The molecule has 1 aromatic rings. The third-order valence-corrected chi connectivity index (χ3v) is 6.32. The number of carbonyl (C=O) groups excluding carboxylic acids is 1. The lowest BCUT2D eigenvalue weighted by molar-refractivity contribution is -0.137. The first-order valence-corrected chi connectivity index (χ1v) is 10.1. The maximum atomic E-state index is 12.7. The largest absolute Gasteiger partial charge is 0.360 e. The number of nitrogens with one attached hydrogen (secondary N) is 1. The van der Waals surface area contributed by atoms with E-state index in [1.54, 1.807) is 0 Å². The first kappa shape index (κ1) is 16.5. The molecular weight excluding hydrogens is 314 g/mol. The van der Waals surface area contributed by atoms with Crippen LogP contribution < -0.4 is 5.32 Å². The van der Waals surface area contributed by atoms with E-state index in [9.17, 15) is 13.2 Å². The zero-order valence-electron chi connectivity index (χ0n) is 13.1. The number of benzene rings is 1. The Morgan fingerprint density at radius 1 is 1.13 bits per heavy atom. The smallest absolute Gasteiger partial charge is 0.254 e. The Kier molecular flexibility index (Phi) is 5.02. The van der Waals surface area contributed by atoms with Crippen LogP contribution in [-0.4, -0.2) is 38.0 Å². The van der Waals surface area contributed by atoms with E-state index < -0.39 is 15.9 Å². The minimum absolute atomic E-state index is 0.0314. The predicted octanol–water partition coefficient (Wildman–Crippen LogP) is 1.99. The highest BCUT2D eigenvalue weighted by atomic mass is 32.2. The van der Waals surface area contributed by atoms with Crippen LogP contribution in [-0.2, 0) is 19.4 Å². The van der Waals surface area contributed by atoms with Gasteiger partial charge in [0, 0.05) is 6.04 Å². The van der Waals surface area contributed by atoms with Crippen LogP contribution in [0, 0.1) is 0 Å². The normalized spacial score (nSPS) is 25.3. The van der Waals surface area contributed by atoms with E-state index in [4.69, 9.17) is 4.74 Å². The molecule has 1 aromatic carbocycles. The van der Waals surface area contributed by atoms with Crippen LogP contribution >= 0.6 is 0 Å². The van der Waals surface area contributed by atoms with Crippen molar-refractivity contribution in [2.75, 3.05) is 11.5 Å². The third-order valence-electron chi connectivity index (χ3n) is 4.55. The van der Waals surface area contributed by atoms with Gasteiger partial charge in [-0.15, -0.1) is 0 Å². The van der Waals surface area contributed by atoms with Crippen molar-refractivity contribution in [2.24, 2.45) is 0 Å². The molecule has 0 radical (unpaired) electrons. The Morgan fingerprint density at radius 2 is 1.83 bits per heavy atom. The zero-order valence-corrected chi connectivity index (χ0v) is 13.9. The Labute approximate surface area is 137 Å². The molecule has 126 valence electrons. The highest BCUT2D eigenvalue weighted by molar-refractivity contribution is 7.91. The molecule has 1 aliphatic carbocycles. The van der Waals surface area contributed by atoms with E-state index in [0.29, 0.717) is 6.42 Å². The molecule has 6 heteroatoms. The molecule has 1 aliphatic heterocycles. The highest BCUT2D eigenvalue weighted by Crippen LogP contribution is 2.28. The summed E-state index contributed by atoms with van der Waals surface area (Å²) in [5, 5.41) is 2.86. The van der Waals surface area contributed by atoms with Gasteiger partial charge in [0.1, 0.15) is 0 Å². The molecule has 1 amide bonds. The van der Waals surface area contributed by atoms with Crippen LogP contribution in [0.25, 0.3) is 0 Å². The van der Waals surface area contributed by atoms with Crippen LogP contribution in [0.1, 0.15) is 43.8 Å². The van der Waals surface area contributed by atoms with Gasteiger partial charge in [0.2, 0.25) is 0 Å². The topological polar surface area (TPSA) is 72.5 Å². The maximum Gasteiger partial charge on any atom is 0.254 e. The quantitative estimate of drug-likeness (QED) is 0.892. The molecule has 1 saturated heterocycles. The van der Waals surface area contributed by atoms with E-state index in [1.807, 2.05) is 30.3 Å². The van der Waals surface area contributed by atoms with E-state index in [-0.39, 0.29) is 29.6 Å². The molecule has 3 rings (SSSR count). The van der Waals surface area contributed by atoms with E-state index in [2.05, 4.69) is 5.32 Å². The van der Waals surface area contributed by atoms with Gasteiger partial charge >= 0.3 is 0 Å². The fourth-order valence-corrected chi connectivity index (χ4v) is 5.00. The van der Waals surface area contributed by atoms with Crippen molar-refractivity contribution >= 4 is 15.7 Å². The lowest BCUT2D eigenvalue weighted by atomic mass is 10.1. The molecule has 2 fully saturated rings. The lowest BCUT2D eigenvalue weighted by Gasteiger charge is -2.23. The second-order valence-corrected chi connectivity index (χ2v) is 8.67. The average Bonchev–Trinajstić information content (AvgIpc) is 3.15. The number of hydrogen-bond acceptors (Lipinski definition) is 4. The van der Waals surface area contributed by atoms with Crippen molar-refractivity contribution < 1.29 is 17.9 Å². The van der Waals surface area contributed by atoms with Crippen molar-refractivity contribution in [3.05, 3.63) is 35.9 Å². The van der Waals surface area contributed by atoms with E-state index in [1.165, 1.54) is 0 Å². The monoisotopic (exact) mass is 337 g/mol. The van der Waals surface area contributed by atoms with Crippen molar-refractivity contribution in [1.29, 1.82) is 0 Å². The molecule has 5 nitrogen and oxygen atoms in total. The summed E-state index contributed by atoms with van der Waals surface area (Å²) in [6, 6.07) is 9.12. The summed E-state index contributed by atoms with van der Waals surface area (Å²) in [5.41, 5.74) is 0.817. The molecule has 0 bridgehead atoms. The van der Waals surface area contributed by atoms with Crippen molar-refractivity contribution in [3.63, 3.8) is 0 Å². The summed E-state index contributed by atoms with van der Waals surface area (Å²) in [6.45, 7) is 0. The number of hydrogen-bond donors (Lipinski definition) is 1. The molecule has 1 saturated carbocycles. The minimum atomic E-state index is -3.01. The van der Waals surface area contributed by atoms with Crippen LogP contribution in [0.15, 0.2) is 30.3 Å². The molecule has 23 heavy (non-hydrogen) atoms. The fourth-order valence-electron chi connectivity index (χ4n) is 3.32. The van der Waals surface area contributed by atoms with E-state index in [0.717, 1.165) is 31.2 Å². The number of rotatable bonds is 5. The molecule has 0 aromatic heterocycles. The summed E-state index contributed by atoms with van der Waals surface area (Å²) in [7, 11) is -3.01. The summed E-state index contributed by atoms with van der Waals surface area (Å²) in [6.07, 6.45) is 4.16. The van der Waals surface area contributed by atoms with Crippen LogP contribution in [0.2, 0.25) is 0 Å². The highest BCUT2D eigenvalue weighted by Gasteiger charge is 2.33. The van der Waals surface area contributed by atoms with Gasteiger partial charge in [-0.3, -0.25) is 4.79 Å². The van der Waals surface area contributed by atoms with Crippen molar-refractivity contribution in [1.82, 2.24) is 5.32 Å². The first-order valence-electron chi connectivity index (χ1n) is 8.25.